The van der Waals surface area contributed by atoms with Crippen LogP contribution in [0.25, 0.3) is 17.0 Å². The van der Waals surface area contributed by atoms with Gasteiger partial charge in [-0.1, -0.05) is 77.8 Å². The van der Waals surface area contributed by atoms with Gasteiger partial charge < -0.3 is 4.57 Å². The maximum Gasteiger partial charge on any atom is 0.185 e. The predicted octanol–water partition coefficient (Wildman–Crippen LogP) is 7.20. The second kappa shape index (κ2) is 8.28. The summed E-state index contributed by atoms with van der Waals surface area (Å²) in [6.45, 7) is 2.74. The number of hydrogen-bond donors (Lipinski definition) is 0. The largest absolute Gasteiger partial charge is 0.340 e. The molecule has 0 spiro atoms. The van der Waals surface area contributed by atoms with Crippen LogP contribution in [0.4, 0.5) is 0 Å². The van der Waals surface area contributed by atoms with Crippen LogP contribution in [-0.2, 0) is 6.54 Å². The molecular weight excluding hydrogens is 401 g/mol. The fourth-order valence-electron chi connectivity index (χ4n) is 3.55. The van der Waals surface area contributed by atoms with E-state index < -0.39 is 0 Å². The molecule has 3 aromatic carbocycles. The van der Waals surface area contributed by atoms with Crippen LogP contribution in [0.3, 0.4) is 0 Å². The van der Waals surface area contributed by atoms with Gasteiger partial charge in [0.05, 0.1) is 10.0 Å². The average Bonchev–Trinajstić information content (AvgIpc) is 3.01. The van der Waals surface area contributed by atoms with Gasteiger partial charge in [0.2, 0.25) is 0 Å². The number of rotatable bonds is 5. The summed E-state index contributed by atoms with van der Waals surface area (Å²) in [6, 6.07) is 23.2. The van der Waals surface area contributed by atoms with Crippen LogP contribution in [0.1, 0.15) is 27.2 Å². The van der Waals surface area contributed by atoms with Gasteiger partial charge in [-0.2, -0.15) is 0 Å². The van der Waals surface area contributed by atoms with Gasteiger partial charge in [-0.25, -0.2) is 0 Å². The zero-order valence-corrected chi connectivity index (χ0v) is 17.4. The molecule has 0 fully saturated rings. The molecule has 4 rings (SSSR count). The Morgan fingerprint density at radius 1 is 0.931 bits per heavy atom. The Bertz CT molecular complexity index is 1220. The van der Waals surface area contributed by atoms with Crippen molar-refractivity contribution in [2.75, 3.05) is 0 Å². The van der Waals surface area contributed by atoms with Crippen molar-refractivity contribution in [3.63, 3.8) is 0 Å². The van der Waals surface area contributed by atoms with Crippen molar-refractivity contribution in [1.82, 2.24) is 4.57 Å². The van der Waals surface area contributed by atoms with Crippen LogP contribution in [0.5, 0.6) is 0 Å². The maximum atomic E-state index is 12.5. The number of ketones is 1. The molecule has 2 nitrogen and oxygen atoms in total. The number of nitrogens with zero attached hydrogens (tertiary/aromatic N) is 1. The van der Waals surface area contributed by atoms with E-state index in [-0.39, 0.29) is 5.78 Å². The van der Waals surface area contributed by atoms with E-state index >= 15 is 0 Å². The lowest BCUT2D eigenvalue weighted by Gasteiger charge is -2.09. The molecule has 0 saturated heterocycles. The molecule has 0 N–H and O–H groups in total. The smallest absolute Gasteiger partial charge is 0.185 e. The molecule has 0 saturated carbocycles. The Morgan fingerprint density at radius 2 is 1.66 bits per heavy atom. The number of benzene rings is 3. The Hall–Kier alpha value is -2.81. The third kappa shape index (κ3) is 4.00. The zero-order chi connectivity index (χ0) is 20.4. The third-order valence-corrected chi connectivity index (χ3v) is 5.80. The lowest BCUT2D eigenvalue weighted by Crippen LogP contribution is -2.02. The minimum absolute atomic E-state index is 0.00804. The highest BCUT2D eigenvalue weighted by atomic mass is 35.5. The van der Waals surface area contributed by atoms with Crippen LogP contribution in [0.15, 0.2) is 78.9 Å². The van der Waals surface area contributed by atoms with E-state index in [2.05, 4.69) is 23.6 Å². The second-order valence-electron chi connectivity index (χ2n) is 6.91. The monoisotopic (exact) mass is 419 g/mol. The van der Waals surface area contributed by atoms with Crippen LogP contribution < -0.4 is 0 Å². The molecule has 0 atom stereocenters. The van der Waals surface area contributed by atoms with E-state index in [0.717, 1.165) is 27.7 Å². The van der Waals surface area contributed by atoms with Crippen molar-refractivity contribution >= 4 is 46.0 Å². The van der Waals surface area contributed by atoms with Crippen molar-refractivity contribution in [1.29, 1.82) is 0 Å². The molecule has 1 aromatic heterocycles. The number of aromatic nitrogens is 1. The third-order valence-electron chi connectivity index (χ3n) is 5.06. The first-order valence-corrected chi connectivity index (χ1v) is 10.1. The second-order valence-corrected chi connectivity index (χ2v) is 7.73. The van der Waals surface area contributed by atoms with Gasteiger partial charge in [-0.3, -0.25) is 4.79 Å². The Balaban J connectivity index is 1.74. The van der Waals surface area contributed by atoms with Crippen molar-refractivity contribution in [3.05, 3.63) is 111 Å². The minimum Gasteiger partial charge on any atom is -0.340 e. The summed E-state index contributed by atoms with van der Waals surface area (Å²) in [5.41, 5.74) is 5.00. The van der Waals surface area contributed by atoms with E-state index in [9.17, 15) is 4.79 Å². The topological polar surface area (TPSA) is 22.0 Å². The molecule has 0 aliphatic rings. The molecule has 0 amide bonds. The lowest BCUT2D eigenvalue weighted by atomic mass is 10.1. The van der Waals surface area contributed by atoms with Crippen LogP contribution >= 0.6 is 23.2 Å². The summed E-state index contributed by atoms with van der Waals surface area (Å²) in [5.74, 6) is -0.00804. The summed E-state index contributed by atoms with van der Waals surface area (Å²) >= 11 is 12.3. The number of fused-ring (bicyclic) bond motifs is 1. The summed E-state index contributed by atoms with van der Waals surface area (Å²) < 4.78 is 2.24. The number of carbonyl (C=O) groups is 1. The molecule has 144 valence electrons. The highest BCUT2D eigenvalue weighted by molar-refractivity contribution is 6.42. The van der Waals surface area contributed by atoms with Gasteiger partial charge in [0, 0.05) is 34.3 Å². The maximum absolute atomic E-state index is 12.5. The molecule has 1 heterocycles. The Kier molecular flexibility index (Phi) is 5.57. The van der Waals surface area contributed by atoms with Crippen LogP contribution in [0.2, 0.25) is 10.0 Å². The molecule has 0 aliphatic carbocycles. The fourth-order valence-corrected chi connectivity index (χ4v) is 3.87. The molecule has 4 aromatic rings. The normalized spacial score (nSPS) is 11.4. The van der Waals surface area contributed by atoms with Crippen molar-refractivity contribution < 1.29 is 4.79 Å². The molecule has 4 heteroatoms. The van der Waals surface area contributed by atoms with Crippen molar-refractivity contribution in [2.45, 2.75) is 13.5 Å². The van der Waals surface area contributed by atoms with Gasteiger partial charge in [-0.15, -0.1) is 0 Å². The van der Waals surface area contributed by atoms with E-state index in [1.807, 2.05) is 66.7 Å². The van der Waals surface area contributed by atoms with Crippen LogP contribution in [0, 0.1) is 6.92 Å². The SMILES string of the molecule is Cc1c(/C=C/C(=O)c2ccccc2)c2ccccc2n1Cc1ccc(Cl)c(Cl)c1. The van der Waals surface area contributed by atoms with Crippen molar-refractivity contribution in [3.8, 4) is 0 Å². The number of carbonyl (C=O) groups excluding carboxylic acids is 1. The summed E-state index contributed by atoms with van der Waals surface area (Å²) in [5, 5.41) is 2.21. The van der Waals surface area contributed by atoms with Crippen molar-refractivity contribution in [2.24, 2.45) is 0 Å². The molecule has 0 unspecified atom stereocenters. The minimum atomic E-state index is -0.00804. The summed E-state index contributed by atoms with van der Waals surface area (Å²) in [4.78, 5) is 12.5. The summed E-state index contributed by atoms with van der Waals surface area (Å²) in [7, 11) is 0. The van der Waals surface area contributed by atoms with Gasteiger partial charge in [0.25, 0.3) is 0 Å². The van der Waals surface area contributed by atoms with Gasteiger partial charge in [-0.05, 0) is 42.8 Å². The number of para-hydroxylation sites is 1. The Morgan fingerprint density at radius 3 is 2.41 bits per heavy atom. The van der Waals surface area contributed by atoms with E-state index in [1.165, 1.54) is 0 Å². The highest BCUT2D eigenvalue weighted by Crippen LogP contribution is 2.29. The molecule has 29 heavy (non-hydrogen) atoms. The molecule has 0 radical (unpaired) electrons. The number of halogens is 2. The quantitative estimate of drug-likeness (QED) is 0.247. The molecule has 0 bridgehead atoms. The standard InChI is InChI=1S/C25H19Cl2NO/c1-17-20(12-14-25(29)19-7-3-2-4-8-19)21-9-5-6-10-24(21)28(17)16-18-11-13-22(26)23(27)15-18/h2-15H,16H2,1H3/b14-12+. The molecular formula is C25H19Cl2NO. The first-order valence-electron chi connectivity index (χ1n) is 9.34. The zero-order valence-electron chi connectivity index (χ0n) is 15.9. The van der Waals surface area contributed by atoms with E-state index in [1.54, 1.807) is 6.08 Å². The summed E-state index contributed by atoms with van der Waals surface area (Å²) in [6.07, 6.45) is 3.56. The predicted molar refractivity (Wildman–Crippen MR) is 122 cm³/mol. The Labute approximate surface area is 180 Å². The van der Waals surface area contributed by atoms with E-state index in [4.69, 9.17) is 23.2 Å². The fraction of sp³-hybridized carbons (Fsp3) is 0.0800. The van der Waals surface area contributed by atoms with E-state index in [0.29, 0.717) is 22.2 Å². The highest BCUT2D eigenvalue weighted by Gasteiger charge is 2.13. The van der Waals surface area contributed by atoms with Gasteiger partial charge in [0.15, 0.2) is 5.78 Å². The number of allylic oxidation sites excluding steroid dienone is 1. The van der Waals surface area contributed by atoms with Gasteiger partial charge in [0.1, 0.15) is 0 Å². The van der Waals surface area contributed by atoms with Crippen LogP contribution in [-0.4, -0.2) is 10.4 Å². The lowest BCUT2D eigenvalue weighted by molar-refractivity contribution is 0.104. The average molecular weight is 420 g/mol. The first-order chi connectivity index (χ1) is 14.0. The first kappa shape index (κ1) is 19.5. The van der Waals surface area contributed by atoms with Gasteiger partial charge >= 0.3 is 0 Å². The number of hydrogen-bond acceptors (Lipinski definition) is 1. The molecule has 0 aliphatic heterocycles.